The third kappa shape index (κ3) is 4.07. The monoisotopic (exact) mass is 335 g/mol. The number of carbonyl (C=O) groups is 1. The molecular formula is C20H21N3O2. The van der Waals surface area contributed by atoms with Gasteiger partial charge in [0.2, 0.25) is 0 Å². The minimum Gasteiger partial charge on any atom is -0.489 e. The summed E-state index contributed by atoms with van der Waals surface area (Å²) in [4.78, 5) is 11.3. The first kappa shape index (κ1) is 16.8. The van der Waals surface area contributed by atoms with E-state index in [0.717, 1.165) is 28.1 Å². The van der Waals surface area contributed by atoms with E-state index in [2.05, 4.69) is 11.2 Å². The molecular weight excluding hydrogens is 314 g/mol. The van der Waals surface area contributed by atoms with Crippen LogP contribution in [0.4, 0.5) is 0 Å². The molecule has 0 radical (unpaired) electrons. The van der Waals surface area contributed by atoms with Crippen molar-refractivity contribution >= 4 is 5.91 Å². The van der Waals surface area contributed by atoms with Crippen LogP contribution in [0.25, 0.3) is 0 Å². The Labute approximate surface area is 147 Å². The fourth-order valence-electron chi connectivity index (χ4n) is 2.66. The van der Waals surface area contributed by atoms with E-state index in [1.54, 1.807) is 10.7 Å². The molecule has 0 bridgehead atoms. The number of primary amides is 1. The Morgan fingerprint density at radius 1 is 1.12 bits per heavy atom. The van der Waals surface area contributed by atoms with Gasteiger partial charge in [-0.15, -0.1) is 0 Å². The largest absolute Gasteiger partial charge is 0.489 e. The van der Waals surface area contributed by atoms with Gasteiger partial charge in [0, 0.05) is 11.3 Å². The molecule has 0 unspecified atom stereocenters. The van der Waals surface area contributed by atoms with Crippen molar-refractivity contribution < 1.29 is 9.53 Å². The van der Waals surface area contributed by atoms with Crippen LogP contribution >= 0.6 is 0 Å². The molecule has 0 saturated carbocycles. The molecule has 5 nitrogen and oxygen atoms in total. The maximum Gasteiger partial charge on any atom is 0.269 e. The normalized spacial score (nSPS) is 10.6. The first-order chi connectivity index (χ1) is 12.0. The topological polar surface area (TPSA) is 70.1 Å². The zero-order valence-electron chi connectivity index (χ0n) is 14.4. The standard InChI is InChI=1S/C20H21N3O2/c1-14-8-9-19(25-13-16-6-4-3-5-7-16)17(10-14)12-23-15(2)11-18(22-23)20(21)24/h3-11H,12-13H2,1-2H3,(H2,21,24). The summed E-state index contributed by atoms with van der Waals surface area (Å²) in [5.74, 6) is 0.289. The van der Waals surface area contributed by atoms with E-state index in [9.17, 15) is 4.79 Å². The number of rotatable bonds is 6. The number of nitrogens with two attached hydrogens (primary N) is 1. The Bertz CT molecular complexity index is 885. The third-order valence-corrected chi connectivity index (χ3v) is 4.01. The van der Waals surface area contributed by atoms with Gasteiger partial charge in [0.25, 0.3) is 5.91 Å². The van der Waals surface area contributed by atoms with Gasteiger partial charge in [0.1, 0.15) is 18.1 Å². The number of hydrogen-bond donors (Lipinski definition) is 1. The van der Waals surface area contributed by atoms with Crippen LogP contribution in [-0.4, -0.2) is 15.7 Å². The second-order valence-electron chi connectivity index (χ2n) is 6.08. The number of ether oxygens (including phenoxy) is 1. The second kappa shape index (κ2) is 7.21. The molecule has 5 heteroatoms. The Balaban J connectivity index is 1.83. The molecule has 0 spiro atoms. The summed E-state index contributed by atoms with van der Waals surface area (Å²) in [7, 11) is 0. The van der Waals surface area contributed by atoms with Crippen molar-refractivity contribution in [1.29, 1.82) is 0 Å². The summed E-state index contributed by atoms with van der Waals surface area (Å²) < 4.78 is 7.78. The quantitative estimate of drug-likeness (QED) is 0.752. The minimum absolute atomic E-state index is 0.275. The molecule has 0 atom stereocenters. The van der Waals surface area contributed by atoms with Gasteiger partial charge in [-0.3, -0.25) is 9.48 Å². The zero-order chi connectivity index (χ0) is 17.8. The molecule has 0 aliphatic heterocycles. The molecule has 25 heavy (non-hydrogen) atoms. The van der Waals surface area contributed by atoms with Crippen LogP contribution in [0.2, 0.25) is 0 Å². The van der Waals surface area contributed by atoms with Crippen LogP contribution in [0.15, 0.2) is 54.6 Å². The highest BCUT2D eigenvalue weighted by molar-refractivity contribution is 5.90. The summed E-state index contributed by atoms with van der Waals surface area (Å²) in [6.07, 6.45) is 0. The van der Waals surface area contributed by atoms with Crippen LogP contribution in [0, 0.1) is 13.8 Å². The second-order valence-corrected chi connectivity index (χ2v) is 6.08. The summed E-state index contributed by atoms with van der Waals surface area (Å²) in [5, 5.41) is 4.28. The molecule has 3 aromatic rings. The van der Waals surface area contributed by atoms with Gasteiger partial charge >= 0.3 is 0 Å². The van der Waals surface area contributed by atoms with Crippen LogP contribution < -0.4 is 10.5 Å². The maximum absolute atomic E-state index is 11.3. The average molecular weight is 335 g/mol. The zero-order valence-corrected chi connectivity index (χ0v) is 14.4. The number of amides is 1. The lowest BCUT2D eigenvalue weighted by molar-refractivity contribution is 0.0995. The van der Waals surface area contributed by atoms with E-state index >= 15 is 0 Å². The van der Waals surface area contributed by atoms with Gasteiger partial charge in [-0.2, -0.15) is 5.10 Å². The lowest BCUT2D eigenvalue weighted by atomic mass is 10.1. The molecule has 0 aliphatic carbocycles. The van der Waals surface area contributed by atoms with Crippen LogP contribution in [0.3, 0.4) is 0 Å². The minimum atomic E-state index is -0.522. The Morgan fingerprint density at radius 3 is 2.56 bits per heavy atom. The van der Waals surface area contributed by atoms with Gasteiger partial charge in [-0.1, -0.05) is 48.0 Å². The van der Waals surface area contributed by atoms with Crippen molar-refractivity contribution in [3.8, 4) is 5.75 Å². The van der Waals surface area contributed by atoms with Crippen LogP contribution in [0.1, 0.15) is 32.9 Å². The summed E-state index contributed by atoms with van der Waals surface area (Å²) in [6.45, 7) is 4.96. The number of aromatic nitrogens is 2. The predicted octanol–water partition coefficient (Wildman–Crippen LogP) is 3.23. The fraction of sp³-hybridized carbons (Fsp3) is 0.200. The van der Waals surface area contributed by atoms with Gasteiger partial charge in [0.05, 0.1) is 6.54 Å². The molecule has 0 fully saturated rings. The maximum atomic E-state index is 11.3. The van der Waals surface area contributed by atoms with Crippen LogP contribution in [0.5, 0.6) is 5.75 Å². The van der Waals surface area contributed by atoms with Crippen molar-refractivity contribution in [3.05, 3.63) is 82.7 Å². The molecule has 3 rings (SSSR count). The number of benzene rings is 2. The number of nitrogens with zero attached hydrogens (tertiary/aromatic N) is 2. The van der Waals surface area contributed by atoms with E-state index in [4.69, 9.17) is 10.5 Å². The van der Waals surface area contributed by atoms with E-state index in [1.165, 1.54) is 0 Å². The molecule has 2 N–H and O–H groups in total. The highest BCUT2D eigenvalue weighted by Crippen LogP contribution is 2.23. The third-order valence-electron chi connectivity index (χ3n) is 4.01. The van der Waals surface area contributed by atoms with E-state index < -0.39 is 5.91 Å². The van der Waals surface area contributed by atoms with Crippen molar-refractivity contribution in [2.24, 2.45) is 5.73 Å². The Hall–Kier alpha value is -3.08. The van der Waals surface area contributed by atoms with E-state index in [1.807, 2.05) is 56.3 Å². The molecule has 1 amide bonds. The lowest BCUT2D eigenvalue weighted by Crippen LogP contribution is -2.13. The molecule has 128 valence electrons. The average Bonchev–Trinajstić information content (AvgIpc) is 2.96. The fourth-order valence-corrected chi connectivity index (χ4v) is 2.66. The van der Waals surface area contributed by atoms with E-state index in [-0.39, 0.29) is 5.69 Å². The molecule has 1 aromatic heterocycles. The summed E-state index contributed by atoms with van der Waals surface area (Å²) in [5.41, 5.74) is 9.73. The van der Waals surface area contributed by atoms with E-state index in [0.29, 0.717) is 13.2 Å². The summed E-state index contributed by atoms with van der Waals surface area (Å²) >= 11 is 0. The summed E-state index contributed by atoms with van der Waals surface area (Å²) in [6, 6.07) is 17.8. The molecule has 0 aliphatic rings. The van der Waals surface area contributed by atoms with Gasteiger partial charge in [-0.05, 0) is 31.5 Å². The van der Waals surface area contributed by atoms with Crippen LogP contribution in [-0.2, 0) is 13.2 Å². The smallest absolute Gasteiger partial charge is 0.269 e. The van der Waals surface area contributed by atoms with Gasteiger partial charge in [-0.25, -0.2) is 0 Å². The van der Waals surface area contributed by atoms with Crippen molar-refractivity contribution in [2.75, 3.05) is 0 Å². The van der Waals surface area contributed by atoms with Gasteiger partial charge < -0.3 is 10.5 Å². The predicted molar refractivity (Wildman–Crippen MR) is 96.5 cm³/mol. The van der Waals surface area contributed by atoms with Crippen molar-refractivity contribution in [1.82, 2.24) is 9.78 Å². The number of carbonyl (C=O) groups excluding carboxylic acids is 1. The first-order valence-electron chi connectivity index (χ1n) is 8.13. The van der Waals surface area contributed by atoms with Gasteiger partial charge in [0.15, 0.2) is 0 Å². The van der Waals surface area contributed by atoms with Crippen molar-refractivity contribution in [2.45, 2.75) is 27.0 Å². The Morgan fingerprint density at radius 2 is 1.88 bits per heavy atom. The SMILES string of the molecule is Cc1ccc(OCc2ccccc2)c(Cn2nc(C(N)=O)cc2C)c1. The molecule has 2 aromatic carbocycles. The number of aryl methyl sites for hydroxylation is 2. The Kier molecular flexibility index (Phi) is 4.84. The highest BCUT2D eigenvalue weighted by Gasteiger charge is 2.12. The highest BCUT2D eigenvalue weighted by atomic mass is 16.5. The molecule has 1 heterocycles. The van der Waals surface area contributed by atoms with Crippen molar-refractivity contribution in [3.63, 3.8) is 0 Å². The molecule has 0 saturated heterocycles. The number of hydrogen-bond acceptors (Lipinski definition) is 3. The lowest BCUT2D eigenvalue weighted by Gasteiger charge is -2.13. The first-order valence-corrected chi connectivity index (χ1v) is 8.13.